The number of benzene rings is 1. The molecule has 0 bridgehead atoms. The van der Waals surface area contributed by atoms with Crippen LogP contribution in [0.5, 0.6) is 5.75 Å². The van der Waals surface area contributed by atoms with Crippen LogP contribution in [0.25, 0.3) is 0 Å². The lowest BCUT2D eigenvalue weighted by atomic mass is 9.90. The summed E-state index contributed by atoms with van der Waals surface area (Å²) in [6, 6.07) is 7.24. The summed E-state index contributed by atoms with van der Waals surface area (Å²) in [5.74, 6) is 0.647. The van der Waals surface area contributed by atoms with Gasteiger partial charge in [0.2, 0.25) is 0 Å². The van der Waals surface area contributed by atoms with Gasteiger partial charge in [-0.1, -0.05) is 24.3 Å². The Labute approximate surface area is 101 Å². The maximum Gasteiger partial charge on any atom is 0.161 e. The summed E-state index contributed by atoms with van der Waals surface area (Å²) in [6.07, 6.45) is 3.22. The molecule has 1 unspecified atom stereocenters. The van der Waals surface area contributed by atoms with Crippen molar-refractivity contribution in [3.8, 4) is 5.75 Å². The lowest BCUT2D eigenvalue weighted by molar-refractivity contribution is -0.117. The summed E-state index contributed by atoms with van der Waals surface area (Å²) in [5, 5.41) is 10.3. The minimum Gasteiger partial charge on any atom is -0.496 e. The topological polar surface area (TPSA) is 46.5 Å². The van der Waals surface area contributed by atoms with Crippen LogP contribution in [0.3, 0.4) is 0 Å². The summed E-state index contributed by atoms with van der Waals surface area (Å²) in [6.45, 7) is 0. The fraction of sp³-hybridized carbons (Fsp3) is 0.357. The first-order valence-electron chi connectivity index (χ1n) is 5.78. The molecule has 0 fully saturated rings. The zero-order valence-corrected chi connectivity index (χ0v) is 9.85. The highest BCUT2D eigenvalue weighted by atomic mass is 16.5. The highest BCUT2D eigenvalue weighted by Gasteiger charge is 2.24. The van der Waals surface area contributed by atoms with Crippen LogP contribution in [0.15, 0.2) is 35.9 Å². The van der Waals surface area contributed by atoms with Crippen molar-refractivity contribution in [2.24, 2.45) is 0 Å². The number of allylic oxidation sites excluding steroid dienone is 1. The normalized spacial score (nSPS) is 17.5. The second kappa shape index (κ2) is 5.15. The van der Waals surface area contributed by atoms with Gasteiger partial charge in [0.1, 0.15) is 11.9 Å². The molecular formula is C14H16O3. The molecule has 0 radical (unpaired) electrons. The van der Waals surface area contributed by atoms with Gasteiger partial charge in [-0.25, -0.2) is 0 Å². The van der Waals surface area contributed by atoms with Crippen molar-refractivity contribution >= 4 is 5.78 Å². The molecule has 90 valence electrons. The van der Waals surface area contributed by atoms with Gasteiger partial charge in [0.05, 0.1) is 7.11 Å². The molecule has 1 atom stereocenters. The monoisotopic (exact) mass is 232 g/mol. The molecule has 0 heterocycles. The summed E-state index contributed by atoms with van der Waals surface area (Å²) in [4.78, 5) is 11.7. The number of ketones is 1. The van der Waals surface area contributed by atoms with E-state index in [9.17, 15) is 9.90 Å². The van der Waals surface area contributed by atoms with Crippen molar-refractivity contribution < 1.29 is 14.6 Å². The molecule has 1 aromatic carbocycles. The molecule has 1 aliphatic rings. The van der Waals surface area contributed by atoms with E-state index in [1.807, 2.05) is 18.2 Å². The minimum absolute atomic E-state index is 0.0367. The Morgan fingerprint density at radius 2 is 2.12 bits per heavy atom. The van der Waals surface area contributed by atoms with Gasteiger partial charge in [-0.2, -0.15) is 0 Å². The number of aliphatic hydroxyl groups is 1. The summed E-state index contributed by atoms with van der Waals surface area (Å²) < 4.78 is 5.19. The average Bonchev–Trinajstić information content (AvgIpc) is 2.38. The Morgan fingerprint density at radius 1 is 1.35 bits per heavy atom. The number of hydrogen-bond donors (Lipinski definition) is 1. The van der Waals surface area contributed by atoms with E-state index in [2.05, 4.69) is 0 Å². The molecule has 0 aromatic heterocycles. The molecule has 1 aromatic rings. The van der Waals surface area contributed by atoms with Gasteiger partial charge in [-0.05, 0) is 18.9 Å². The third-order valence-corrected chi connectivity index (χ3v) is 3.02. The molecule has 0 spiro atoms. The fourth-order valence-corrected chi connectivity index (χ4v) is 2.10. The Bertz CT molecular complexity index is 449. The van der Waals surface area contributed by atoms with Crippen molar-refractivity contribution in [1.29, 1.82) is 0 Å². The van der Waals surface area contributed by atoms with Gasteiger partial charge < -0.3 is 9.84 Å². The quantitative estimate of drug-likeness (QED) is 0.870. The van der Waals surface area contributed by atoms with Crippen molar-refractivity contribution in [2.75, 3.05) is 7.11 Å². The number of carbonyl (C=O) groups excluding carboxylic acids is 1. The third-order valence-electron chi connectivity index (χ3n) is 3.02. The van der Waals surface area contributed by atoms with E-state index in [1.54, 1.807) is 19.2 Å². The SMILES string of the molecule is COc1ccccc1C(O)C1=CCCCC1=O. The zero-order valence-electron chi connectivity index (χ0n) is 9.85. The minimum atomic E-state index is -0.876. The van der Waals surface area contributed by atoms with Crippen molar-refractivity contribution in [3.05, 3.63) is 41.5 Å². The van der Waals surface area contributed by atoms with E-state index in [1.165, 1.54) is 0 Å². The third kappa shape index (κ3) is 2.39. The Hall–Kier alpha value is -1.61. The molecule has 0 saturated carbocycles. The predicted octanol–water partition coefficient (Wildman–Crippen LogP) is 2.41. The van der Waals surface area contributed by atoms with Gasteiger partial charge in [-0.3, -0.25) is 4.79 Å². The van der Waals surface area contributed by atoms with Crippen LogP contribution in [0, 0.1) is 0 Å². The molecule has 1 N–H and O–H groups in total. The standard InChI is InChI=1S/C14H16O3/c1-17-13-9-5-3-7-11(13)14(16)10-6-2-4-8-12(10)15/h3,5-7,9,14,16H,2,4,8H2,1H3. The van der Waals surface area contributed by atoms with E-state index < -0.39 is 6.10 Å². The fourth-order valence-electron chi connectivity index (χ4n) is 2.10. The second-order valence-corrected chi connectivity index (χ2v) is 4.12. The van der Waals surface area contributed by atoms with Gasteiger partial charge in [0, 0.05) is 17.6 Å². The number of Topliss-reactive ketones (excluding diaryl/α,β-unsaturated/α-hetero) is 1. The van der Waals surface area contributed by atoms with Crippen LogP contribution in [0.2, 0.25) is 0 Å². The van der Waals surface area contributed by atoms with Crippen molar-refractivity contribution in [3.63, 3.8) is 0 Å². The Balaban J connectivity index is 2.33. The number of rotatable bonds is 3. The lowest BCUT2D eigenvalue weighted by Gasteiger charge is -2.19. The number of ether oxygens (including phenoxy) is 1. The molecule has 0 aliphatic heterocycles. The van der Waals surface area contributed by atoms with Crippen molar-refractivity contribution in [1.82, 2.24) is 0 Å². The molecule has 0 amide bonds. The van der Waals surface area contributed by atoms with Gasteiger partial charge in [-0.15, -0.1) is 0 Å². The number of hydrogen-bond acceptors (Lipinski definition) is 3. The van der Waals surface area contributed by atoms with E-state index in [0.29, 0.717) is 23.3 Å². The number of carbonyl (C=O) groups is 1. The average molecular weight is 232 g/mol. The Morgan fingerprint density at radius 3 is 2.82 bits per heavy atom. The van der Waals surface area contributed by atoms with Crippen LogP contribution in [-0.4, -0.2) is 18.0 Å². The van der Waals surface area contributed by atoms with E-state index in [-0.39, 0.29) is 5.78 Å². The molecule has 3 heteroatoms. The molecule has 17 heavy (non-hydrogen) atoms. The first-order chi connectivity index (χ1) is 8.24. The van der Waals surface area contributed by atoms with E-state index in [4.69, 9.17) is 4.74 Å². The maximum absolute atomic E-state index is 11.7. The summed E-state index contributed by atoms with van der Waals surface area (Å²) in [5.41, 5.74) is 1.15. The lowest BCUT2D eigenvalue weighted by Crippen LogP contribution is -2.15. The van der Waals surface area contributed by atoms with Crippen LogP contribution >= 0.6 is 0 Å². The van der Waals surface area contributed by atoms with Gasteiger partial charge in [0.25, 0.3) is 0 Å². The number of para-hydroxylation sites is 1. The predicted molar refractivity (Wildman–Crippen MR) is 64.9 cm³/mol. The summed E-state index contributed by atoms with van der Waals surface area (Å²) in [7, 11) is 1.56. The van der Waals surface area contributed by atoms with Crippen LogP contribution in [-0.2, 0) is 4.79 Å². The molecule has 0 saturated heterocycles. The van der Waals surface area contributed by atoms with Crippen LogP contribution in [0.1, 0.15) is 30.9 Å². The number of aliphatic hydroxyl groups excluding tert-OH is 1. The molecule has 2 rings (SSSR count). The summed E-state index contributed by atoms with van der Waals surface area (Å²) >= 11 is 0. The van der Waals surface area contributed by atoms with Crippen LogP contribution in [0.4, 0.5) is 0 Å². The zero-order chi connectivity index (χ0) is 12.3. The van der Waals surface area contributed by atoms with E-state index in [0.717, 1.165) is 12.8 Å². The highest BCUT2D eigenvalue weighted by Crippen LogP contribution is 2.32. The molecule has 1 aliphatic carbocycles. The van der Waals surface area contributed by atoms with E-state index >= 15 is 0 Å². The molecule has 3 nitrogen and oxygen atoms in total. The maximum atomic E-state index is 11.7. The van der Waals surface area contributed by atoms with Crippen LogP contribution < -0.4 is 4.74 Å². The number of methoxy groups -OCH3 is 1. The first-order valence-corrected chi connectivity index (χ1v) is 5.78. The van der Waals surface area contributed by atoms with Gasteiger partial charge in [0.15, 0.2) is 5.78 Å². The van der Waals surface area contributed by atoms with Crippen molar-refractivity contribution in [2.45, 2.75) is 25.4 Å². The highest BCUT2D eigenvalue weighted by molar-refractivity contribution is 5.97. The smallest absolute Gasteiger partial charge is 0.161 e. The Kier molecular flexibility index (Phi) is 3.59. The molecular weight excluding hydrogens is 216 g/mol. The largest absolute Gasteiger partial charge is 0.496 e. The first kappa shape index (κ1) is 11.9. The van der Waals surface area contributed by atoms with Gasteiger partial charge >= 0.3 is 0 Å². The second-order valence-electron chi connectivity index (χ2n) is 4.12.